The first kappa shape index (κ1) is 13.1. The summed E-state index contributed by atoms with van der Waals surface area (Å²) in [5.41, 5.74) is 1.48. The highest BCUT2D eigenvalue weighted by Crippen LogP contribution is 2.38. The Bertz CT molecular complexity index is 374. The zero-order chi connectivity index (χ0) is 12.4. The molecule has 1 fully saturated rings. The second-order valence-electron chi connectivity index (χ2n) is 4.90. The summed E-state index contributed by atoms with van der Waals surface area (Å²) in [6.07, 6.45) is 2.72. The van der Waals surface area contributed by atoms with Crippen molar-refractivity contribution < 1.29 is 4.74 Å². The van der Waals surface area contributed by atoms with Crippen LogP contribution in [0.2, 0.25) is 0 Å². The Balaban J connectivity index is 2.24. The van der Waals surface area contributed by atoms with E-state index in [9.17, 15) is 0 Å². The average Bonchev–Trinajstić information content (AvgIpc) is 2.88. The molecular weight excluding hydrogens is 230 g/mol. The normalized spacial score (nSPS) is 26.4. The van der Waals surface area contributed by atoms with Crippen molar-refractivity contribution in [1.82, 2.24) is 5.32 Å². The van der Waals surface area contributed by atoms with E-state index in [4.69, 9.17) is 4.74 Å². The van der Waals surface area contributed by atoms with Crippen molar-refractivity contribution in [3.8, 4) is 0 Å². The Labute approximate surface area is 108 Å². The second kappa shape index (κ2) is 5.51. The zero-order valence-corrected chi connectivity index (χ0v) is 12.1. The molecule has 1 aromatic heterocycles. The van der Waals surface area contributed by atoms with Crippen LogP contribution in [0, 0.1) is 19.8 Å². The Hall–Kier alpha value is -0.380. The number of hydrogen-bond donors (Lipinski definition) is 1. The fourth-order valence-electron chi connectivity index (χ4n) is 3.03. The van der Waals surface area contributed by atoms with E-state index in [1.54, 1.807) is 0 Å². The van der Waals surface area contributed by atoms with E-state index in [-0.39, 0.29) is 0 Å². The van der Waals surface area contributed by atoms with Crippen molar-refractivity contribution in [2.24, 2.45) is 5.92 Å². The lowest BCUT2D eigenvalue weighted by atomic mass is 9.87. The summed E-state index contributed by atoms with van der Waals surface area (Å²) in [6, 6.07) is 2.79. The standard InChI is InChI=1S/C14H23NOS/c1-5-13-11(6-7-16-13)14(15-4)12-8-9(2)17-10(12)3/h8,11,13-15H,5-7H2,1-4H3. The van der Waals surface area contributed by atoms with E-state index < -0.39 is 0 Å². The van der Waals surface area contributed by atoms with Crippen LogP contribution in [0.25, 0.3) is 0 Å². The monoisotopic (exact) mass is 253 g/mol. The molecule has 0 aliphatic carbocycles. The van der Waals surface area contributed by atoms with Gasteiger partial charge in [0.25, 0.3) is 0 Å². The van der Waals surface area contributed by atoms with Gasteiger partial charge in [0.15, 0.2) is 0 Å². The predicted octanol–water partition coefficient (Wildman–Crippen LogP) is 3.44. The zero-order valence-electron chi connectivity index (χ0n) is 11.2. The van der Waals surface area contributed by atoms with E-state index in [1.165, 1.54) is 21.7 Å². The maximum absolute atomic E-state index is 5.83. The third-order valence-corrected chi connectivity index (χ3v) is 4.80. The molecule has 1 aliphatic heterocycles. The molecule has 0 saturated carbocycles. The van der Waals surface area contributed by atoms with Gasteiger partial charge in [-0.15, -0.1) is 11.3 Å². The summed E-state index contributed by atoms with van der Waals surface area (Å²) < 4.78 is 5.83. The van der Waals surface area contributed by atoms with Crippen LogP contribution >= 0.6 is 11.3 Å². The van der Waals surface area contributed by atoms with Crippen LogP contribution in [0.3, 0.4) is 0 Å². The third kappa shape index (κ3) is 2.56. The fourth-order valence-corrected chi connectivity index (χ4v) is 4.00. The van der Waals surface area contributed by atoms with E-state index >= 15 is 0 Å². The highest BCUT2D eigenvalue weighted by molar-refractivity contribution is 7.12. The smallest absolute Gasteiger partial charge is 0.0619 e. The molecule has 0 bridgehead atoms. The summed E-state index contributed by atoms with van der Waals surface area (Å²) in [5, 5.41) is 3.51. The number of ether oxygens (including phenoxy) is 1. The average molecular weight is 253 g/mol. The van der Waals surface area contributed by atoms with E-state index in [1.807, 2.05) is 11.3 Å². The molecule has 1 saturated heterocycles. The largest absolute Gasteiger partial charge is 0.378 e. The Morgan fingerprint density at radius 2 is 2.29 bits per heavy atom. The SMILES string of the molecule is CCC1OCCC1C(NC)c1cc(C)sc1C. The first-order valence-corrected chi connectivity index (χ1v) is 7.34. The summed E-state index contributed by atoms with van der Waals surface area (Å²) in [6.45, 7) is 7.56. The minimum absolute atomic E-state index is 0.423. The number of aryl methyl sites for hydroxylation is 2. The maximum atomic E-state index is 5.83. The molecule has 1 N–H and O–H groups in total. The lowest BCUT2D eigenvalue weighted by molar-refractivity contribution is 0.0782. The molecule has 2 nitrogen and oxygen atoms in total. The number of thiophene rings is 1. The number of rotatable bonds is 4. The molecule has 1 aromatic rings. The van der Waals surface area contributed by atoms with Gasteiger partial charge in [-0.3, -0.25) is 0 Å². The van der Waals surface area contributed by atoms with Crippen LogP contribution in [0.1, 0.15) is 41.1 Å². The molecule has 0 aromatic carbocycles. The molecule has 2 rings (SSSR count). The molecular formula is C14H23NOS. The Morgan fingerprint density at radius 3 is 2.82 bits per heavy atom. The maximum Gasteiger partial charge on any atom is 0.0619 e. The minimum Gasteiger partial charge on any atom is -0.378 e. The van der Waals surface area contributed by atoms with Gasteiger partial charge >= 0.3 is 0 Å². The van der Waals surface area contributed by atoms with Gasteiger partial charge < -0.3 is 10.1 Å². The third-order valence-electron chi connectivity index (χ3n) is 3.82. The molecule has 0 spiro atoms. The predicted molar refractivity (Wildman–Crippen MR) is 73.7 cm³/mol. The first-order valence-electron chi connectivity index (χ1n) is 6.53. The highest BCUT2D eigenvalue weighted by Gasteiger charge is 2.34. The second-order valence-corrected chi connectivity index (χ2v) is 6.37. The van der Waals surface area contributed by atoms with Crippen molar-refractivity contribution in [3.05, 3.63) is 21.4 Å². The highest BCUT2D eigenvalue weighted by atomic mass is 32.1. The van der Waals surface area contributed by atoms with Crippen LogP contribution in [0.5, 0.6) is 0 Å². The van der Waals surface area contributed by atoms with Crippen molar-refractivity contribution in [2.75, 3.05) is 13.7 Å². The van der Waals surface area contributed by atoms with Crippen LogP contribution in [0.15, 0.2) is 6.07 Å². The summed E-state index contributed by atoms with van der Waals surface area (Å²) in [4.78, 5) is 2.85. The lowest BCUT2D eigenvalue weighted by Crippen LogP contribution is -2.30. The van der Waals surface area contributed by atoms with Gasteiger partial charge in [0.1, 0.15) is 0 Å². The summed E-state index contributed by atoms with van der Waals surface area (Å²) >= 11 is 1.90. The van der Waals surface area contributed by atoms with Gasteiger partial charge in [-0.05, 0) is 45.4 Å². The van der Waals surface area contributed by atoms with Crippen molar-refractivity contribution in [2.45, 2.75) is 45.8 Å². The molecule has 2 heterocycles. The first-order chi connectivity index (χ1) is 8.17. The fraction of sp³-hybridized carbons (Fsp3) is 0.714. The van der Waals surface area contributed by atoms with E-state index in [2.05, 4.69) is 39.2 Å². The van der Waals surface area contributed by atoms with Gasteiger partial charge in [-0.1, -0.05) is 6.92 Å². The van der Waals surface area contributed by atoms with Crippen LogP contribution in [-0.2, 0) is 4.74 Å². The summed E-state index contributed by atoms with van der Waals surface area (Å²) in [5.74, 6) is 0.623. The van der Waals surface area contributed by atoms with Gasteiger partial charge in [0.2, 0.25) is 0 Å². The molecule has 96 valence electrons. The van der Waals surface area contributed by atoms with Crippen LogP contribution in [-0.4, -0.2) is 19.8 Å². The van der Waals surface area contributed by atoms with E-state index in [0.29, 0.717) is 18.1 Å². The molecule has 1 aliphatic rings. The van der Waals surface area contributed by atoms with Crippen LogP contribution in [0.4, 0.5) is 0 Å². The van der Waals surface area contributed by atoms with Gasteiger partial charge in [0, 0.05) is 28.3 Å². The summed E-state index contributed by atoms with van der Waals surface area (Å²) in [7, 11) is 2.07. The molecule has 0 amide bonds. The molecule has 3 heteroatoms. The Kier molecular flexibility index (Phi) is 4.23. The van der Waals surface area contributed by atoms with Crippen molar-refractivity contribution in [3.63, 3.8) is 0 Å². The van der Waals surface area contributed by atoms with Crippen LogP contribution < -0.4 is 5.32 Å². The molecule has 3 unspecified atom stereocenters. The lowest BCUT2D eigenvalue weighted by Gasteiger charge is -2.27. The van der Waals surface area contributed by atoms with Gasteiger partial charge in [-0.25, -0.2) is 0 Å². The minimum atomic E-state index is 0.423. The number of nitrogens with one attached hydrogen (secondary N) is 1. The number of hydrogen-bond acceptors (Lipinski definition) is 3. The molecule has 0 radical (unpaired) electrons. The molecule has 17 heavy (non-hydrogen) atoms. The van der Waals surface area contributed by atoms with Crippen molar-refractivity contribution >= 4 is 11.3 Å². The Morgan fingerprint density at radius 1 is 1.53 bits per heavy atom. The topological polar surface area (TPSA) is 21.3 Å². The van der Waals surface area contributed by atoms with Crippen molar-refractivity contribution in [1.29, 1.82) is 0 Å². The van der Waals surface area contributed by atoms with Gasteiger partial charge in [0.05, 0.1) is 6.10 Å². The van der Waals surface area contributed by atoms with Gasteiger partial charge in [-0.2, -0.15) is 0 Å². The van der Waals surface area contributed by atoms with E-state index in [0.717, 1.165) is 13.0 Å². The molecule has 3 atom stereocenters. The quantitative estimate of drug-likeness (QED) is 0.887.